The van der Waals surface area contributed by atoms with E-state index < -0.39 is 5.60 Å². The molecule has 2 saturated carbocycles. The minimum absolute atomic E-state index is 0.288. The number of fused-ring (bicyclic) bond motifs is 1. The van der Waals surface area contributed by atoms with Crippen molar-refractivity contribution in [1.82, 2.24) is 10.6 Å². The van der Waals surface area contributed by atoms with Crippen LogP contribution in [-0.2, 0) is 4.74 Å². The van der Waals surface area contributed by atoms with Crippen LogP contribution in [0.1, 0.15) is 59.3 Å². The van der Waals surface area contributed by atoms with Crippen molar-refractivity contribution in [1.29, 1.82) is 0 Å². The number of rotatable bonds is 4. The molecule has 0 heterocycles. The Bertz CT molecular complexity index is 455. The van der Waals surface area contributed by atoms with Crippen LogP contribution in [0.2, 0.25) is 0 Å². The van der Waals surface area contributed by atoms with E-state index in [2.05, 4.69) is 22.8 Å². The van der Waals surface area contributed by atoms with E-state index in [1.54, 1.807) is 0 Å². The average Bonchev–Trinajstić information content (AvgIpc) is 2.83. The number of carbonyl (C=O) groups is 1. The van der Waals surface area contributed by atoms with Gasteiger partial charge in [-0.1, -0.05) is 25.0 Å². The summed E-state index contributed by atoms with van der Waals surface area (Å²) in [5, 5.41) is 6.88. The van der Waals surface area contributed by atoms with Gasteiger partial charge in [0.15, 0.2) is 0 Å². The third-order valence-corrected chi connectivity index (χ3v) is 5.61. The van der Waals surface area contributed by atoms with Gasteiger partial charge in [-0.25, -0.2) is 4.79 Å². The Hall–Kier alpha value is -1.03. The summed E-state index contributed by atoms with van der Waals surface area (Å²) in [5.74, 6) is 2.19. The summed E-state index contributed by atoms with van der Waals surface area (Å²) in [6, 6.07) is 1.20. The molecule has 0 aromatic heterocycles. The Morgan fingerprint density at radius 3 is 2.74 bits per heavy atom. The first kappa shape index (κ1) is 16.8. The summed E-state index contributed by atoms with van der Waals surface area (Å²) < 4.78 is 5.35. The van der Waals surface area contributed by atoms with E-state index in [9.17, 15) is 4.79 Å². The smallest absolute Gasteiger partial charge is 0.407 e. The second kappa shape index (κ2) is 6.84. The molecule has 130 valence electrons. The molecule has 4 heteroatoms. The molecule has 0 aromatic carbocycles. The van der Waals surface area contributed by atoms with E-state index in [1.807, 2.05) is 20.8 Å². The highest BCUT2D eigenvalue weighted by molar-refractivity contribution is 5.67. The van der Waals surface area contributed by atoms with Crippen LogP contribution in [0.3, 0.4) is 0 Å². The lowest BCUT2D eigenvalue weighted by Crippen LogP contribution is -2.55. The Kier molecular flexibility index (Phi) is 5.00. The molecule has 0 aliphatic heterocycles. The Labute approximate surface area is 140 Å². The third kappa shape index (κ3) is 4.28. The molecule has 3 rings (SSSR count). The minimum Gasteiger partial charge on any atom is -0.444 e. The number of hydrogen-bond donors (Lipinski definition) is 2. The van der Waals surface area contributed by atoms with Gasteiger partial charge in [-0.05, 0) is 64.2 Å². The molecular formula is C19H32N2O2. The maximum Gasteiger partial charge on any atom is 0.407 e. The van der Waals surface area contributed by atoms with Gasteiger partial charge in [0.25, 0.3) is 0 Å². The normalized spacial score (nSPS) is 36.2. The number of hydrogen-bond acceptors (Lipinski definition) is 3. The molecule has 2 fully saturated rings. The quantitative estimate of drug-likeness (QED) is 0.778. The number of carbonyl (C=O) groups excluding carboxylic acids is 1. The standard InChI is InChI=1S/C19H32N2O2/c1-19(2,3)23-18(22)20-12-14-7-4-5-10-16(14)21-17-11-13-8-6-9-15(13)17/h6,9,13-17,21H,4-5,7-8,10-12H2,1-3H3,(H,20,22). The van der Waals surface area contributed by atoms with Crippen LogP contribution in [0.15, 0.2) is 12.2 Å². The monoisotopic (exact) mass is 320 g/mol. The zero-order chi connectivity index (χ0) is 16.4. The van der Waals surface area contributed by atoms with Gasteiger partial charge in [0.05, 0.1) is 0 Å². The Balaban J connectivity index is 1.46. The molecule has 0 aromatic rings. The van der Waals surface area contributed by atoms with Gasteiger partial charge in [0.1, 0.15) is 5.60 Å². The van der Waals surface area contributed by atoms with Crippen molar-refractivity contribution in [2.24, 2.45) is 17.8 Å². The van der Waals surface area contributed by atoms with Gasteiger partial charge in [-0.2, -0.15) is 0 Å². The van der Waals surface area contributed by atoms with Gasteiger partial charge in [-0.15, -0.1) is 0 Å². The summed E-state index contributed by atoms with van der Waals surface area (Å²) >= 11 is 0. The van der Waals surface area contributed by atoms with Crippen molar-refractivity contribution >= 4 is 6.09 Å². The Morgan fingerprint density at radius 2 is 2.00 bits per heavy atom. The van der Waals surface area contributed by atoms with E-state index in [0.717, 1.165) is 18.4 Å². The molecule has 5 atom stereocenters. The topological polar surface area (TPSA) is 50.4 Å². The molecule has 0 bridgehead atoms. The zero-order valence-corrected chi connectivity index (χ0v) is 14.8. The first-order chi connectivity index (χ1) is 10.9. The number of ether oxygens (including phenoxy) is 1. The second-order valence-electron chi connectivity index (χ2n) is 8.54. The van der Waals surface area contributed by atoms with Crippen LogP contribution in [0.5, 0.6) is 0 Å². The largest absolute Gasteiger partial charge is 0.444 e. The predicted octanol–water partition coefficient (Wildman–Crippen LogP) is 3.62. The maximum atomic E-state index is 11.9. The molecule has 2 N–H and O–H groups in total. The highest BCUT2D eigenvalue weighted by Crippen LogP contribution is 2.43. The summed E-state index contributed by atoms with van der Waals surface area (Å²) in [6.45, 7) is 6.43. The molecule has 1 amide bonds. The summed E-state index contributed by atoms with van der Waals surface area (Å²) in [5.41, 5.74) is -0.427. The van der Waals surface area contributed by atoms with Gasteiger partial charge < -0.3 is 15.4 Å². The van der Waals surface area contributed by atoms with Crippen LogP contribution >= 0.6 is 0 Å². The lowest BCUT2D eigenvalue weighted by Gasteiger charge is -2.45. The molecule has 3 aliphatic rings. The fourth-order valence-electron chi connectivity index (χ4n) is 4.38. The summed E-state index contributed by atoms with van der Waals surface area (Å²) in [6.07, 6.45) is 12.1. The number of allylic oxidation sites excluding steroid dienone is 1. The van der Waals surface area contributed by atoms with E-state index in [-0.39, 0.29) is 6.09 Å². The van der Waals surface area contributed by atoms with E-state index in [0.29, 0.717) is 18.0 Å². The predicted molar refractivity (Wildman–Crippen MR) is 92.3 cm³/mol. The molecular weight excluding hydrogens is 288 g/mol. The zero-order valence-electron chi connectivity index (χ0n) is 14.8. The lowest BCUT2D eigenvalue weighted by atomic mass is 9.70. The highest BCUT2D eigenvalue weighted by atomic mass is 16.6. The molecule has 0 radical (unpaired) electrons. The fourth-order valence-corrected chi connectivity index (χ4v) is 4.38. The molecule has 3 aliphatic carbocycles. The minimum atomic E-state index is -0.427. The number of amides is 1. The number of nitrogens with one attached hydrogen (secondary N) is 2. The lowest BCUT2D eigenvalue weighted by molar-refractivity contribution is 0.0504. The molecule has 0 saturated heterocycles. The van der Waals surface area contributed by atoms with Crippen molar-refractivity contribution in [3.05, 3.63) is 12.2 Å². The molecule has 5 unspecified atom stereocenters. The Morgan fingerprint density at radius 1 is 1.22 bits per heavy atom. The van der Waals surface area contributed by atoms with Crippen LogP contribution in [0, 0.1) is 17.8 Å². The second-order valence-corrected chi connectivity index (χ2v) is 8.54. The van der Waals surface area contributed by atoms with E-state index in [1.165, 1.54) is 38.5 Å². The first-order valence-electron chi connectivity index (χ1n) is 9.32. The highest BCUT2D eigenvalue weighted by Gasteiger charge is 2.42. The first-order valence-corrected chi connectivity index (χ1v) is 9.32. The van der Waals surface area contributed by atoms with Gasteiger partial charge >= 0.3 is 6.09 Å². The van der Waals surface area contributed by atoms with Crippen molar-refractivity contribution in [3.63, 3.8) is 0 Å². The van der Waals surface area contributed by atoms with E-state index in [4.69, 9.17) is 4.74 Å². The van der Waals surface area contributed by atoms with Crippen molar-refractivity contribution < 1.29 is 9.53 Å². The number of alkyl carbamates (subject to hydrolysis) is 1. The van der Waals surface area contributed by atoms with Crippen molar-refractivity contribution in [2.45, 2.75) is 77.0 Å². The molecule has 23 heavy (non-hydrogen) atoms. The fraction of sp³-hybridized carbons (Fsp3) is 0.842. The van der Waals surface area contributed by atoms with Crippen molar-refractivity contribution in [3.8, 4) is 0 Å². The summed E-state index contributed by atoms with van der Waals surface area (Å²) in [4.78, 5) is 11.9. The third-order valence-electron chi connectivity index (χ3n) is 5.61. The van der Waals surface area contributed by atoms with Gasteiger partial charge in [-0.3, -0.25) is 0 Å². The molecule has 0 spiro atoms. The SMILES string of the molecule is CC(C)(C)OC(=O)NCC1CCCCC1NC1CC2CC=CC21. The average molecular weight is 320 g/mol. The van der Waals surface area contributed by atoms with E-state index >= 15 is 0 Å². The molecule has 4 nitrogen and oxygen atoms in total. The van der Waals surface area contributed by atoms with Crippen molar-refractivity contribution in [2.75, 3.05) is 6.54 Å². The van der Waals surface area contributed by atoms with Crippen LogP contribution < -0.4 is 10.6 Å². The van der Waals surface area contributed by atoms with Crippen LogP contribution in [0.4, 0.5) is 4.79 Å². The maximum absolute atomic E-state index is 11.9. The van der Waals surface area contributed by atoms with Crippen LogP contribution in [-0.4, -0.2) is 30.3 Å². The van der Waals surface area contributed by atoms with Gasteiger partial charge in [0.2, 0.25) is 0 Å². The van der Waals surface area contributed by atoms with Crippen LogP contribution in [0.25, 0.3) is 0 Å². The van der Waals surface area contributed by atoms with Gasteiger partial charge in [0, 0.05) is 18.6 Å². The summed E-state index contributed by atoms with van der Waals surface area (Å²) in [7, 11) is 0.